The van der Waals surface area contributed by atoms with Crippen molar-refractivity contribution in [3.8, 4) is 11.5 Å². The van der Waals surface area contributed by atoms with E-state index in [9.17, 15) is 9.59 Å². The minimum Gasteiger partial charge on any atom is -0.491 e. The zero-order valence-corrected chi connectivity index (χ0v) is 18.3. The molecular weight excluding hydrogens is 406 g/mol. The molecule has 2 rings (SSSR count). The number of ether oxygens (including phenoxy) is 3. The van der Waals surface area contributed by atoms with Gasteiger partial charge in [0.2, 0.25) is 0 Å². The highest BCUT2D eigenvalue weighted by Gasteiger charge is 2.13. The van der Waals surface area contributed by atoms with Gasteiger partial charge in [0, 0.05) is 6.08 Å². The number of hydrogen-bond acceptors (Lipinski definition) is 5. The predicted molar refractivity (Wildman–Crippen MR) is 117 cm³/mol. The van der Waals surface area contributed by atoms with Crippen LogP contribution in [0.5, 0.6) is 11.5 Å². The van der Waals surface area contributed by atoms with E-state index >= 15 is 0 Å². The van der Waals surface area contributed by atoms with Gasteiger partial charge in [0.15, 0.2) is 18.1 Å². The molecule has 0 aromatic heterocycles. The van der Waals surface area contributed by atoms with Gasteiger partial charge in [-0.3, -0.25) is 4.79 Å². The summed E-state index contributed by atoms with van der Waals surface area (Å²) in [6.45, 7) is 5.78. The average molecular weight is 432 g/mol. The van der Waals surface area contributed by atoms with Crippen LogP contribution in [-0.2, 0) is 14.3 Å². The SMILES string of the molecule is CCOc1cc(/C=C/C(=O)OCC(=O)NC(C)c2ccccc2C)cc(Cl)c1OC. The Morgan fingerprint density at radius 3 is 2.63 bits per heavy atom. The molecule has 0 spiro atoms. The molecule has 0 radical (unpaired) electrons. The van der Waals surface area contributed by atoms with Crippen LogP contribution in [0.3, 0.4) is 0 Å². The minimum atomic E-state index is -0.640. The van der Waals surface area contributed by atoms with Crippen LogP contribution >= 0.6 is 11.6 Å². The normalized spacial score (nSPS) is 11.8. The van der Waals surface area contributed by atoms with Crippen LogP contribution < -0.4 is 14.8 Å². The third kappa shape index (κ3) is 6.52. The molecule has 1 N–H and O–H groups in total. The Bertz CT molecular complexity index is 926. The number of esters is 1. The molecule has 160 valence electrons. The zero-order chi connectivity index (χ0) is 22.1. The van der Waals surface area contributed by atoms with Crippen molar-refractivity contribution >= 4 is 29.6 Å². The van der Waals surface area contributed by atoms with Gasteiger partial charge in [-0.15, -0.1) is 0 Å². The summed E-state index contributed by atoms with van der Waals surface area (Å²) < 4.78 is 15.8. The number of carbonyl (C=O) groups excluding carboxylic acids is 2. The smallest absolute Gasteiger partial charge is 0.331 e. The number of nitrogens with one attached hydrogen (secondary N) is 1. The van der Waals surface area contributed by atoms with Gasteiger partial charge in [-0.1, -0.05) is 35.9 Å². The van der Waals surface area contributed by atoms with Crippen molar-refractivity contribution in [2.24, 2.45) is 0 Å². The van der Waals surface area contributed by atoms with E-state index in [-0.39, 0.29) is 18.6 Å². The van der Waals surface area contributed by atoms with E-state index in [1.54, 1.807) is 12.1 Å². The van der Waals surface area contributed by atoms with Gasteiger partial charge in [-0.25, -0.2) is 4.79 Å². The quantitative estimate of drug-likeness (QED) is 0.467. The monoisotopic (exact) mass is 431 g/mol. The fourth-order valence-electron chi connectivity index (χ4n) is 2.93. The second kappa shape index (κ2) is 11.3. The van der Waals surface area contributed by atoms with Gasteiger partial charge in [0.1, 0.15) is 0 Å². The number of rotatable bonds is 9. The summed E-state index contributed by atoms with van der Waals surface area (Å²) in [6.07, 6.45) is 2.76. The summed E-state index contributed by atoms with van der Waals surface area (Å²) in [5.74, 6) is -0.111. The first kappa shape index (κ1) is 23.3. The second-order valence-electron chi connectivity index (χ2n) is 6.55. The summed E-state index contributed by atoms with van der Waals surface area (Å²) in [4.78, 5) is 24.1. The minimum absolute atomic E-state index is 0.189. The second-order valence-corrected chi connectivity index (χ2v) is 6.96. The van der Waals surface area contributed by atoms with Crippen molar-refractivity contribution in [2.75, 3.05) is 20.3 Å². The average Bonchev–Trinajstić information content (AvgIpc) is 2.71. The predicted octanol–water partition coefficient (Wildman–Crippen LogP) is 4.49. The molecule has 0 aliphatic carbocycles. The van der Waals surface area contributed by atoms with Crippen molar-refractivity contribution in [3.63, 3.8) is 0 Å². The lowest BCUT2D eigenvalue weighted by molar-refractivity contribution is -0.144. The number of halogens is 1. The zero-order valence-electron chi connectivity index (χ0n) is 17.5. The van der Waals surface area contributed by atoms with Crippen molar-refractivity contribution in [1.82, 2.24) is 5.32 Å². The van der Waals surface area contributed by atoms with Gasteiger partial charge in [-0.05, 0) is 55.7 Å². The Hall–Kier alpha value is -2.99. The maximum atomic E-state index is 12.1. The van der Waals surface area contributed by atoms with Crippen LogP contribution in [0, 0.1) is 6.92 Å². The number of aryl methyl sites for hydroxylation is 1. The summed E-state index contributed by atoms with van der Waals surface area (Å²) in [5, 5.41) is 3.18. The molecule has 0 heterocycles. The molecule has 2 aromatic rings. The first-order chi connectivity index (χ1) is 14.3. The molecule has 0 fully saturated rings. The lowest BCUT2D eigenvalue weighted by Gasteiger charge is -2.16. The molecule has 0 aliphatic heterocycles. The van der Waals surface area contributed by atoms with E-state index < -0.39 is 5.97 Å². The number of amides is 1. The Labute approximate surface area is 181 Å². The van der Waals surface area contributed by atoms with E-state index in [4.69, 9.17) is 25.8 Å². The highest BCUT2D eigenvalue weighted by molar-refractivity contribution is 6.32. The van der Waals surface area contributed by atoms with E-state index in [0.29, 0.717) is 28.7 Å². The van der Waals surface area contributed by atoms with Gasteiger partial charge in [0.05, 0.1) is 24.8 Å². The molecule has 1 amide bonds. The first-order valence-electron chi connectivity index (χ1n) is 9.55. The highest BCUT2D eigenvalue weighted by Crippen LogP contribution is 2.36. The molecule has 0 saturated carbocycles. The fraction of sp³-hybridized carbons (Fsp3) is 0.304. The molecule has 30 heavy (non-hydrogen) atoms. The Morgan fingerprint density at radius 2 is 1.97 bits per heavy atom. The number of hydrogen-bond donors (Lipinski definition) is 1. The van der Waals surface area contributed by atoms with Crippen LogP contribution in [0.25, 0.3) is 6.08 Å². The van der Waals surface area contributed by atoms with Crippen molar-refractivity contribution in [3.05, 3.63) is 64.2 Å². The third-order valence-corrected chi connectivity index (χ3v) is 4.61. The fourth-order valence-corrected chi connectivity index (χ4v) is 3.22. The van der Waals surface area contributed by atoms with E-state index in [1.165, 1.54) is 19.3 Å². The maximum Gasteiger partial charge on any atom is 0.331 e. The molecule has 0 aliphatic rings. The molecule has 2 aromatic carbocycles. The largest absolute Gasteiger partial charge is 0.491 e. The standard InChI is InChI=1S/C23H26ClNO5/c1-5-29-20-13-17(12-19(24)23(20)28-4)10-11-22(27)30-14-21(26)25-16(3)18-9-7-6-8-15(18)2/h6-13,16H,5,14H2,1-4H3,(H,25,26)/b11-10+. The summed E-state index contributed by atoms with van der Waals surface area (Å²) in [5.41, 5.74) is 2.73. The van der Waals surface area contributed by atoms with E-state index in [2.05, 4.69) is 5.32 Å². The molecule has 1 unspecified atom stereocenters. The first-order valence-corrected chi connectivity index (χ1v) is 9.93. The third-order valence-electron chi connectivity index (χ3n) is 4.33. The van der Waals surface area contributed by atoms with Crippen LogP contribution in [0.2, 0.25) is 5.02 Å². The molecule has 6 nitrogen and oxygen atoms in total. The van der Waals surface area contributed by atoms with Crippen LogP contribution in [0.15, 0.2) is 42.5 Å². The van der Waals surface area contributed by atoms with Gasteiger partial charge >= 0.3 is 5.97 Å². The van der Waals surface area contributed by atoms with E-state index in [0.717, 1.165) is 11.1 Å². The van der Waals surface area contributed by atoms with Gasteiger partial charge in [0.25, 0.3) is 5.91 Å². The van der Waals surface area contributed by atoms with Crippen LogP contribution in [0.4, 0.5) is 0 Å². The van der Waals surface area contributed by atoms with E-state index in [1.807, 2.05) is 45.0 Å². The van der Waals surface area contributed by atoms with Gasteiger partial charge < -0.3 is 19.5 Å². The number of benzene rings is 2. The highest BCUT2D eigenvalue weighted by atomic mass is 35.5. The Balaban J connectivity index is 1.92. The summed E-state index contributed by atoms with van der Waals surface area (Å²) in [6, 6.07) is 10.9. The van der Waals surface area contributed by atoms with Crippen molar-refractivity contribution in [1.29, 1.82) is 0 Å². The summed E-state index contributed by atoms with van der Waals surface area (Å²) >= 11 is 6.19. The summed E-state index contributed by atoms with van der Waals surface area (Å²) in [7, 11) is 1.50. The maximum absolute atomic E-state index is 12.1. The van der Waals surface area contributed by atoms with Crippen molar-refractivity contribution in [2.45, 2.75) is 26.8 Å². The molecule has 7 heteroatoms. The topological polar surface area (TPSA) is 73.9 Å². The lowest BCUT2D eigenvalue weighted by Crippen LogP contribution is -2.31. The van der Waals surface area contributed by atoms with Gasteiger partial charge in [-0.2, -0.15) is 0 Å². The number of methoxy groups -OCH3 is 1. The molecule has 0 bridgehead atoms. The number of carbonyl (C=O) groups is 2. The van der Waals surface area contributed by atoms with Crippen LogP contribution in [-0.4, -0.2) is 32.2 Å². The lowest BCUT2D eigenvalue weighted by atomic mass is 10.0. The Kier molecular flexibility index (Phi) is 8.74. The molecule has 0 saturated heterocycles. The molecule has 1 atom stereocenters. The van der Waals surface area contributed by atoms with Crippen LogP contribution in [0.1, 0.15) is 36.6 Å². The Morgan fingerprint density at radius 1 is 1.23 bits per heavy atom. The molecular formula is C23H26ClNO5. The van der Waals surface area contributed by atoms with Crippen molar-refractivity contribution < 1.29 is 23.8 Å².